The smallest absolute Gasteiger partial charge is 0.548 e. The standard InChI is InChI=1S/C5H10O4.Au/c1-8-2-3-9-4-5(6)7;/h2-4H2,1H3,(H,6,7);/q;+1/p-1. The Morgan fingerprint density at radius 3 is 2.50 bits per heavy atom. The molecule has 5 heteroatoms. The summed E-state index contributed by atoms with van der Waals surface area (Å²) in [5.41, 5.74) is 0. The summed E-state index contributed by atoms with van der Waals surface area (Å²) in [4.78, 5) is 9.69. The topological polar surface area (TPSA) is 58.6 Å². The normalized spacial score (nSPS) is 8.50. The maximum Gasteiger partial charge on any atom is 1.00 e. The summed E-state index contributed by atoms with van der Waals surface area (Å²) in [6, 6.07) is 0. The summed E-state index contributed by atoms with van der Waals surface area (Å²) in [7, 11) is 1.52. The van der Waals surface area contributed by atoms with E-state index in [-0.39, 0.29) is 29.0 Å². The van der Waals surface area contributed by atoms with Gasteiger partial charge in [-0.15, -0.1) is 0 Å². The number of carboxylic acids is 1. The van der Waals surface area contributed by atoms with E-state index in [0.717, 1.165) is 0 Å². The molecule has 0 aliphatic heterocycles. The molecule has 0 aromatic heterocycles. The van der Waals surface area contributed by atoms with Crippen molar-refractivity contribution in [3.8, 4) is 0 Å². The van der Waals surface area contributed by atoms with Crippen LogP contribution in [0.15, 0.2) is 0 Å². The zero-order valence-electron chi connectivity index (χ0n) is 5.56. The first-order valence-electron chi connectivity index (χ1n) is 2.54. The number of carbonyl (C=O) groups excluding carboxylic acids is 1. The number of ether oxygens (including phenoxy) is 2. The van der Waals surface area contributed by atoms with E-state index in [9.17, 15) is 9.90 Å². The minimum atomic E-state index is -1.20. The molecule has 0 amide bonds. The molecule has 0 atom stereocenters. The van der Waals surface area contributed by atoms with Crippen LogP contribution in [-0.2, 0) is 36.6 Å². The van der Waals surface area contributed by atoms with Gasteiger partial charge < -0.3 is 19.4 Å². The van der Waals surface area contributed by atoms with E-state index in [4.69, 9.17) is 0 Å². The molecule has 0 fully saturated rings. The molecule has 0 aliphatic carbocycles. The Kier molecular flexibility index (Phi) is 11.7. The Hall–Kier alpha value is 0.130. The van der Waals surface area contributed by atoms with Crippen LogP contribution in [0.2, 0.25) is 0 Å². The van der Waals surface area contributed by atoms with E-state index in [2.05, 4.69) is 9.47 Å². The van der Waals surface area contributed by atoms with Crippen LogP contribution in [0.5, 0.6) is 0 Å². The van der Waals surface area contributed by atoms with Crippen molar-refractivity contribution in [1.82, 2.24) is 0 Å². The second kappa shape index (κ2) is 9.13. The molecular weight excluding hydrogens is 321 g/mol. The van der Waals surface area contributed by atoms with Crippen LogP contribution >= 0.6 is 0 Å². The van der Waals surface area contributed by atoms with Crippen LogP contribution in [0.3, 0.4) is 0 Å². The molecule has 0 radical (unpaired) electrons. The van der Waals surface area contributed by atoms with Crippen molar-refractivity contribution in [2.45, 2.75) is 0 Å². The van der Waals surface area contributed by atoms with Gasteiger partial charge >= 0.3 is 22.4 Å². The van der Waals surface area contributed by atoms with Crippen LogP contribution in [-0.4, -0.2) is 32.9 Å². The van der Waals surface area contributed by atoms with Gasteiger partial charge in [-0.1, -0.05) is 0 Å². The Morgan fingerprint density at radius 1 is 1.50 bits per heavy atom. The fourth-order valence-electron chi connectivity index (χ4n) is 0.298. The van der Waals surface area contributed by atoms with E-state index in [1.807, 2.05) is 0 Å². The predicted molar refractivity (Wildman–Crippen MR) is 27.7 cm³/mol. The van der Waals surface area contributed by atoms with E-state index in [1.54, 1.807) is 0 Å². The van der Waals surface area contributed by atoms with Crippen LogP contribution in [0.1, 0.15) is 0 Å². The summed E-state index contributed by atoms with van der Waals surface area (Å²) in [6.07, 6.45) is 0. The van der Waals surface area contributed by atoms with Crippen molar-refractivity contribution >= 4 is 5.97 Å². The molecule has 0 unspecified atom stereocenters. The third-order valence-corrected chi connectivity index (χ3v) is 0.652. The first-order valence-corrected chi connectivity index (χ1v) is 2.54. The first-order chi connectivity index (χ1) is 4.27. The summed E-state index contributed by atoms with van der Waals surface area (Å²) < 4.78 is 9.13. The molecule has 0 saturated heterocycles. The first kappa shape index (κ1) is 12.8. The largest absolute Gasteiger partial charge is 1.00 e. The number of hydrogen-bond acceptors (Lipinski definition) is 4. The Morgan fingerprint density at radius 2 is 2.10 bits per heavy atom. The van der Waals surface area contributed by atoms with Crippen molar-refractivity contribution < 1.29 is 41.8 Å². The second-order valence-corrected chi connectivity index (χ2v) is 1.42. The molecule has 0 heterocycles. The zero-order chi connectivity index (χ0) is 7.11. The maximum atomic E-state index is 9.69. The molecule has 10 heavy (non-hydrogen) atoms. The predicted octanol–water partition coefficient (Wildman–Crippen LogP) is -1.60. The van der Waals surface area contributed by atoms with E-state index < -0.39 is 5.97 Å². The average Bonchev–Trinajstić information content (AvgIpc) is 1.80. The Labute approximate surface area is 75.0 Å². The van der Waals surface area contributed by atoms with Gasteiger partial charge in [-0.25, -0.2) is 0 Å². The van der Waals surface area contributed by atoms with Gasteiger partial charge in [0.1, 0.15) is 0 Å². The molecule has 0 aromatic rings. The molecule has 0 N–H and O–H groups in total. The number of rotatable bonds is 5. The van der Waals surface area contributed by atoms with Gasteiger partial charge in [0.15, 0.2) is 0 Å². The monoisotopic (exact) mass is 330 g/mol. The van der Waals surface area contributed by atoms with Crippen LogP contribution in [0, 0.1) is 0 Å². The van der Waals surface area contributed by atoms with Crippen molar-refractivity contribution in [3.05, 3.63) is 0 Å². The molecule has 0 bridgehead atoms. The molecule has 64 valence electrons. The van der Waals surface area contributed by atoms with E-state index >= 15 is 0 Å². The molecule has 4 nitrogen and oxygen atoms in total. The maximum absolute atomic E-state index is 9.69. The summed E-state index contributed by atoms with van der Waals surface area (Å²) in [5.74, 6) is -1.20. The Balaban J connectivity index is 0. The van der Waals surface area contributed by atoms with E-state index in [1.165, 1.54) is 7.11 Å². The fraction of sp³-hybridized carbons (Fsp3) is 0.800. The van der Waals surface area contributed by atoms with Gasteiger partial charge in [0.25, 0.3) is 0 Å². The molecule has 0 spiro atoms. The molecule has 0 rings (SSSR count). The van der Waals surface area contributed by atoms with Crippen LogP contribution in [0.25, 0.3) is 0 Å². The van der Waals surface area contributed by atoms with E-state index in [0.29, 0.717) is 13.2 Å². The van der Waals surface area contributed by atoms with Crippen molar-refractivity contribution in [3.63, 3.8) is 0 Å². The average molecular weight is 330 g/mol. The number of hydrogen-bond donors (Lipinski definition) is 0. The van der Waals surface area contributed by atoms with Gasteiger partial charge in [-0.2, -0.15) is 0 Å². The minimum Gasteiger partial charge on any atom is -0.548 e. The Bertz CT molecular complexity index is 85.7. The SMILES string of the molecule is COCCOCC(=O)[O-].[Au+]. The fourth-order valence-corrected chi connectivity index (χ4v) is 0.298. The number of methoxy groups -OCH3 is 1. The third-order valence-electron chi connectivity index (χ3n) is 0.652. The van der Waals surface area contributed by atoms with Crippen molar-refractivity contribution in [2.75, 3.05) is 26.9 Å². The second-order valence-electron chi connectivity index (χ2n) is 1.42. The van der Waals surface area contributed by atoms with Gasteiger partial charge in [0.2, 0.25) is 0 Å². The number of carboxylic acid groups (broad SMARTS) is 1. The van der Waals surface area contributed by atoms with Crippen molar-refractivity contribution in [2.24, 2.45) is 0 Å². The summed E-state index contributed by atoms with van der Waals surface area (Å²) in [5, 5.41) is 9.69. The quantitative estimate of drug-likeness (QED) is 0.450. The molecule has 0 saturated carbocycles. The van der Waals surface area contributed by atoms with Gasteiger partial charge in [0.05, 0.1) is 25.8 Å². The van der Waals surface area contributed by atoms with Gasteiger partial charge in [0, 0.05) is 7.11 Å². The molecule has 0 aromatic carbocycles. The van der Waals surface area contributed by atoms with Crippen molar-refractivity contribution in [1.29, 1.82) is 0 Å². The summed E-state index contributed by atoms with van der Waals surface area (Å²) >= 11 is 0. The molecular formula is C5H9AuO4. The van der Waals surface area contributed by atoms with Gasteiger partial charge in [-0.05, 0) is 0 Å². The number of carbonyl (C=O) groups is 1. The molecule has 0 aliphatic rings. The van der Waals surface area contributed by atoms with Crippen LogP contribution in [0.4, 0.5) is 0 Å². The van der Waals surface area contributed by atoms with Crippen LogP contribution < -0.4 is 5.11 Å². The number of aliphatic carboxylic acids is 1. The van der Waals surface area contributed by atoms with Gasteiger partial charge in [-0.3, -0.25) is 0 Å². The minimum absolute atomic E-state index is 0. The zero-order valence-corrected chi connectivity index (χ0v) is 7.72. The summed E-state index contributed by atoms with van der Waals surface area (Å²) in [6.45, 7) is 0.348. The third kappa shape index (κ3) is 11.0.